The second-order valence-corrected chi connectivity index (χ2v) is 6.04. The Morgan fingerprint density at radius 1 is 1.25 bits per heavy atom. The van der Waals surface area contributed by atoms with Gasteiger partial charge in [0.2, 0.25) is 0 Å². The quantitative estimate of drug-likeness (QED) is 0.885. The lowest BCUT2D eigenvalue weighted by Gasteiger charge is -2.10. The highest BCUT2D eigenvalue weighted by Crippen LogP contribution is 2.24. The molecule has 0 saturated carbocycles. The molecule has 0 radical (unpaired) electrons. The van der Waals surface area contributed by atoms with Crippen LogP contribution in [0.4, 0.5) is 14.5 Å². The first-order chi connectivity index (χ1) is 9.29. The van der Waals surface area contributed by atoms with Crippen LogP contribution in [0.1, 0.15) is 5.56 Å². The van der Waals surface area contributed by atoms with Gasteiger partial charge in [-0.3, -0.25) is 4.72 Å². The van der Waals surface area contributed by atoms with Gasteiger partial charge < -0.3 is 0 Å². The normalized spacial score (nSPS) is 11.4. The summed E-state index contributed by atoms with van der Waals surface area (Å²) in [6.45, 7) is 1.69. The van der Waals surface area contributed by atoms with Gasteiger partial charge in [-0.15, -0.1) is 0 Å². The van der Waals surface area contributed by atoms with Crippen molar-refractivity contribution in [3.05, 3.63) is 52.8 Å². The molecule has 0 aliphatic rings. The van der Waals surface area contributed by atoms with Gasteiger partial charge in [0.25, 0.3) is 10.0 Å². The molecule has 20 heavy (non-hydrogen) atoms. The van der Waals surface area contributed by atoms with Crippen LogP contribution in [-0.4, -0.2) is 13.4 Å². The van der Waals surface area contributed by atoms with E-state index in [2.05, 4.69) is 9.71 Å². The van der Waals surface area contributed by atoms with Crippen molar-refractivity contribution >= 4 is 27.3 Å². The van der Waals surface area contributed by atoms with E-state index in [0.717, 1.165) is 12.1 Å². The maximum absolute atomic E-state index is 13.5. The van der Waals surface area contributed by atoms with Gasteiger partial charge >= 0.3 is 0 Å². The standard InChI is InChI=1S/C12H9ClF2N2O2S/c1-7-4-10(12(13)16-6-7)17-20(18,19)11-3-2-8(14)5-9(11)15/h2-6,17H,1H3. The molecule has 0 spiro atoms. The number of nitrogens with one attached hydrogen (secondary N) is 1. The Morgan fingerprint density at radius 2 is 1.95 bits per heavy atom. The van der Waals surface area contributed by atoms with Gasteiger partial charge in [-0.2, -0.15) is 0 Å². The molecular formula is C12H9ClF2N2O2S. The van der Waals surface area contributed by atoms with E-state index in [0.29, 0.717) is 11.6 Å². The predicted octanol–water partition coefficient (Wildman–Crippen LogP) is 3.12. The van der Waals surface area contributed by atoms with Crippen molar-refractivity contribution in [1.82, 2.24) is 4.98 Å². The molecule has 0 amide bonds. The first kappa shape index (κ1) is 14.7. The average Bonchev–Trinajstić information content (AvgIpc) is 2.33. The Labute approximate surface area is 119 Å². The van der Waals surface area contributed by atoms with Crippen LogP contribution in [0.3, 0.4) is 0 Å². The number of benzene rings is 1. The lowest BCUT2D eigenvalue weighted by atomic mass is 10.3. The number of rotatable bonds is 3. The van der Waals surface area contributed by atoms with Gasteiger partial charge in [-0.1, -0.05) is 11.6 Å². The molecule has 0 bridgehead atoms. The highest BCUT2D eigenvalue weighted by molar-refractivity contribution is 7.92. The van der Waals surface area contributed by atoms with Crippen LogP contribution in [0, 0.1) is 18.6 Å². The monoisotopic (exact) mass is 318 g/mol. The summed E-state index contributed by atoms with van der Waals surface area (Å²) < 4.78 is 52.5. The van der Waals surface area contributed by atoms with Gasteiger partial charge in [-0.25, -0.2) is 22.2 Å². The number of halogens is 3. The number of pyridine rings is 1. The minimum Gasteiger partial charge on any atom is -0.276 e. The van der Waals surface area contributed by atoms with Crippen molar-refractivity contribution in [2.45, 2.75) is 11.8 Å². The lowest BCUT2D eigenvalue weighted by molar-refractivity contribution is 0.551. The Morgan fingerprint density at radius 3 is 2.60 bits per heavy atom. The van der Waals surface area contributed by atoms with Gasteiger partial charge in [0.1, 0.15) is 16.5 Å². The van der Waals surface area contributed by atoms with Crippen molar-refractivity contribution in [2.75, 3.05) is 4.72 Å². The van der Waals surface area contributed by atoms with E-state index in [-0.39, 0.29) is 10.8 Å². The third kappa shape index (κ3) is 3.05. The van der Waals surface area contributed by atoms with Crippen molar-refractivity contribution in [3.63, 3.8) is 0 Å². The molecule has 1 aromatic heterocycles. The Balaban J connectivity index is 2.43. The molecule has 0 saturated heterocycles. The molecule has 0 unspecified atom stereocenters. The van der Waals surface area contributed by atoms with Crippen LogP contribution < -0.4 is 4.72 Å². The van der Waals surface area contributed by atoms with E-state index in [1.807, 2.05) is 0 Å². The number of hydrogen-bond acceptors (Lipinski definition) is 3. The van der Waals surface area contributed by atoms with E-state index in [4.69, 9.17) is 11.6 Å². The molecule has 0 fully saturated rings. The summed E-state index contributed by atoms with van der Waals surface area (Å²) in [5, 5.41) is -0.0679. The summed E-state index contributed by atoms with van der Waals surface area (Å²) in [7, 11) is -4.22. The maximum atomic E-state index is 13.5. The summed E-state index contributed by atoms with van der Waals surface area (Å²) in [4.78, 5) is 3.11. The Bertz CT molecular complexity index is 766. The SMILES string of the molecule is Cc1cnc(Cl)c(NS(=O)(=O)c2ccc(F)cc2F)c1. The molecule has 0 atom stereocenters. The maximum Gasteiger partial charge on any atom is 0.264 e. The van der Waals surface area contributed by atoms with Gasteiger partial charge in [0.05, 0.1) is 5.69 Å². The minimum atomic E-state index is -4.22. The number of aromatic nitrogens is 1. The summed E-state index contributed by atoms with van der Waals surface area (Å²) in [6.07, 6.45) is 1.46. The zero-order valence-corrected chi connectivity index (χ0v) is 11.8. The average molecular weight is 319 g/mol. The van der Waals surface area contributed by atoms with Crippen LogP contribution in [0.15, 0.2) is 35.4 Å². The second kappa shape index (κ2) is 5.34. The summed E-state index contributed by atoms with van der Waals surface area (Å²) in [6, 6.07) is 3.64. The van der Waals surface area contributed by atoms with E-state index >= 15 is 0 Å². The number of anilines is 1. The minimum absolute atomic E-state index is 0.0235. The summed E-state index contributed by atoms with van der Waals surface area (Å²) >= 11 is 5.76. The zero-order chi connectivity index (χ0) is 14.9. The third-order valence-corrected chi connectivity index (χ3v) is 4.10. The largest absolute Gasteiger partial charge is 0.276 e. The van der Waals surface area contributed by atoms with E-state index in [9.17, 15) is 17.2 Å². The zero-order valence-electron chi connectivity index (χ0n) is 10.2. The van der Waals surface area contributed by atoms with Crippen LogP contribution in [-0.2, 0) is 10.0 Å². The summed E-state index contributed by atoms with van der Waals surface area (Å²) in [5.74, 6) is -2.05. The van der Waals surface area contributed by atoms with Gasteiger partial charge in [-0.05, 0) is 30.7 Å². The summed E-state index contributed by atoms with van der Waals surface area (Å²) in [5.41, 5.74) is 0.696. The molecule has 8 heteroatoms. The van der Waals surface area contributed by atoms with Gasteiger partial charge in [0.15, 0.2) is 5.15 Å². The Kier molecular flexibility index (Phi) is 3.92. The molecule has 0 aliphatic heterocycles. The van der Waals surface area contributed by atoms with Crippen molar-refractivity contribution in [3.8, 4) is 0 Å². The highest BCUT2D eigenvalue weighted by Gasteiger charge is 2.21. The first-order valence-electron chi connectivity index (χ1n) is 5.39. The highest BCUT2D eigenvalue weighted by atomic mass is 35.5. The topological polar surface area (TPSA) is 59.1 Å². The molecule has 1 N–H and O–H groups in total. The van der Waals surface area contributed by atoms with Crippen LogP contribution in [0.2, 0.25) is 5.15 Å². The smallest absolute Gasteiger partial charge is 0.264 e. The van der Waals surface area contributed by atoms with Crippen LogP contribution in [0.5, 0.6) is 0 Å². The van der Waals surface area contributed by atoms with E-state index in [1.54, 1.807) is 6.92 Å². The third-order valence-electron chi connectivity index (χ3n) is 2.40. The fourth-order valence-corrected chi connectivity index (χ4v) is 2.84. The van der Waals surface area contributed by atoms with E-state index < -0.39 is 26.6 Å². The molecule has 0 aliphatic carbocycles. The van der Waals surface area contributed by atoms with Crippen molar-refractivity contribution in [1.29, 1.82) is 0 Å². The predicted molar refractivity (Wildman–Crippen MR) is 71.2 cm³/mol. The first-order valence-corrected chi connectivity index (χ1v) is 7.26. The number of nitrogens with zero attached hydrogens (tertiary/aromatic N) is 1. The molecule has 1 heterocycles. The van der Waals surface area contributed by atoms with Crippen molar-refractivity contribution in [2.24, 2.45) is 0 Å². The van der Waals surface area contributed by atoms with Gasteiger partial charge in [0, 0.05) is 12.3 Å². The Hall–Kier alpha value is -1.73. The number of hydrogen-bond donors (Lipinski definition) is 1. The number of sulfonamides is 1. The molecule has 4 nitrogen and oxygen atoms in total. The van der Waals surface area contributed by atoms with Crippen LogP contribution >= 0.6 is 11.6 Å². The fraction of sp³-hybridized carbons (Fsp3) is 0.0833. The molecular weight excluding hydrogens is 310 g/mol. The molecule has 2 rings (SSSR count). The van der Waals surface area contributed by atoms with E-state index in [1.165, 1.54) is 12.3 Å². The number of aryl methyl sites for hydroxylation is 1. The second-order valence-electron chi connectivity index (χ2n) is 4.03. The van der Waals surface area contributed by atoms with Crippen LogP contribution in [0.25, 0.3) is 0 Å². The molecule has 106 valence electrons. The van der Waals surface area contributed by atoms with Crippen molar-refractivity contribution < 1.29 is 17.2 Å². The lowest BCUT2D eigenvalue weighted by Crippen LogP contribution is -2.15. The fourth-order valence-electron chi connectivity index (χ4n) is 1.52. The molecule has 2 aromatic rings. The molecule has 1 aromatic carbocycles.